The smallest absolute Gasteiger partial charge is 0.180 e. The van der Waals surface area contributed by atoms with Gasteiger partial charge in [-0.3, -0.25) is 4.79 Å². The van der Waals surface area contributed by atoms with Gasteiger partial charge in [-0.15, -0.1) is 0 Å². The van der Waals surface area contributed by atoms with Gasteiger partial charge < -0.3 is 5.21 Å². The molecule has 0 aromatic rings. The van der Waals surface area contributed by atoms with Gasteiger partial charge in [0.2, 0.25) is 0 Å². The van der Waals surface area contributed by atoms with Crippen molar-refractivity contribution in [3.05, 3.63) is 0 Å². The molecule has 1 saturated carbocycles. The minimum atomic E-state index is 0.0206. The summed E-state index contributed by atoms with van der Waals surface area (Å²) in [6.07, 6.45) is 5.40. The number of hydrogen-bond acceptors (Lipinski definition) is 3. The topological polar surface area (TPSA) is 49.7 Å². The molecule has 1 aliphatic rings. The highest BCUT2D eigenvalue weighted by Gasteiger charge is 2.13. The summed E-state index contributed by atoms with van der Waals surface area (Å²) in [6.45, 7) is 0. The zero-order chi connectivity index (χ0) is 8.10. The van der Waals surface area contributed by atoms with Gasteiger partial charge in [0.25, 0.3) is 0 Å². The maximum atomic E-state index is 11.1. The lowest BCUT2D eigenvalue weighted by molar-refractivity contribution is -0.113. The molecule has 11 heavy (non-hydrogen) atoms. The third kappa shape index (κ3) is 2.33. The van der Waals surface area contributed by atoms with E-state index in [1.54, 1.807) is 0 Å². The molecule has 1 rings (SSSR count). The van der Waals surface area contributed by atoms with E-state index in [2.05, 4.69) is 5.16 Å². The first-order valence-corrected chi connectivity index (χ1v) is 4.08. The zero-order valence-electron chi connectivity index (χ0n) is 6.55. The molecule has 3 nitrogen and oxygen atoms in total. The van der Waals surface area contributed by atoms with Crippen molar-refractivity contribution < 1.29 is 10.0 Å². The average Bonchev–Trinajstić information content (AvgIpc) is 1.98. The lowest BCUT2D eigenvalue weighted by Crippen LogP contribution is -2.15. The van der Waals surface area contributed by atoms with Gasteiger partial charge in [-0.1, -0.05) is 18.0 Å². The van der Waals surface area contributed by atoms with E-state index < -0.39 is 0 Å². The van der Waals surface area contributed by atoms with Gasteiger partial charge >= 0.3 is 0 Å². The SMILES string of the molecule is O=C1CCCCCCC1=NO. The van der Waals surface area contributed by atoms with Crippen LogP contribution in [0, 0.1) is 0 Å². The minimum Gasteiger partial charge on any atom is -0.411 e. The number of rotatable bonds is 0. The van der Waals surface area contributed by atoms with Gasteiger partial charge in [-0.2, -0.15) is 0 Å². The van der Waals surface area contributed by atoms with E-state index in [-0.39, 0.29) is 5.78 Å². The van der Waals surface area contributed by atoms with E-state index in [0.717, 1.165) is 25.7 Å². The monoisotopic (exact) mass is 155 g/mol. The predicted molar refractivity (Wildman–Crippen MR) is 41.9 cm³/mol. The molecular formula is C8H13NO2. The molecular weight excluding hydrogens is 142 g/mol. The maximum Gasteiger partial charge on any atom is 0.180 e. The summed E-state index contributed by atoms with van der Waals surface area (Å²) < 4.78 is 0. The molecule has 0 aliphatic heterocycles. The second-order valence-electron chi connectivity index (χ2n) is 2.88. The normalized spacial score (nSPS) is 24.7. The highest BCUT2D eigenvalue weighted by atomic mass is 16.4. The molecule has 0 aromatic carbocycles. The lowest BCUT2D eigenvalue weighted by atomic mass is 9.98. The first kappa shape index (κ1) is 8.24. The van der Waals surface area contributed by atoms with E-state index in [1.807, 2.05) is 0 Å². The fourth-order valence-electron chi connectivity index (χ4n) is 1.32. The molecule has 0 radical (unpaired) electrons. The summed E-state index contributed by atoms with van der Waals surface area (Å²) in [4.78, 5) is 11.1. The van der Waals surface area contributed by atoms with Gasteiger partial charge in [-0.25, -0.2) is 0 Å². The Bertz CT molecular complexity index is 175. The Kier molecular flexibility index (Phi) is 3.08. The van der Waals surface area contributed by atoms with Crippen LogP contribution in [0.15, 0.2) is 5.16 Å². The fourth-order valence-corrected chi connectivity index (χ4v) is 1.32. The number of carbonyl (C=O) groups excluding carboxylic acids is 1. The van der Waals surface area contributed by atoms with Gasteiger partial charge in [0.1, 0.15) is 5.71 Å². The number of ketones is 1. The molecule has 1 N–H and O–H groups in total. The van der Waals surface area contributed by atoms with Crippen molar-refractivity contribution in [2.45, 2.75) is 38.5 Å². The molecule has 0 spiro atoms. The summed E-state index contributed by atoms with van der Waals surface area (Å²) in [5.74, 6) is 0.0206. The van der Waals surface area contributed by atoms with Crippen molar-refractivity contribution in [2.75, 3.05) is 0 Å². The quantitative estimate of drug-likeness (QED) is 0.428. The lowest BCUT2D eigenvalue weighted by Gasteiger charge is -2.07. The highest BCUT2D eigenvalue weighted by molar-refractivity contribution is 6.39. The van der Waals surface area contributed by atoms with Gasteiger partial charge in [0.15, 0.2) is 5.78 Å². The van der Waals surface area contributed by atoms with E-state index in [0.29, 0.717) is 18.6 Å². The van der Waals surface area contributed by atoms with Crippen molar-refractivity contribution in [1.29, 1.82) is 0 Å². The van der Waals surface area contributed by atoms with Crippen LogP contribution in [-0.2, 0) is 4.79 Å². The Labute approximate surface area is 66.1 Å². The first-order valence-electron chi connectivity index (χ1n) is 4.08. The van der Waals surface area contributed by atoms with Crippen LogP contribution < -0.4 is 0 Å². The Hall–Kier alpha value is -0.860. The van der Waals surface area contributed by atoms with Crippen molar-refractivity contribution in [3.63, 3.8) is 0 Å². The highest BCUT2D eigenvalue weighted by Crippen LogP contribution is 2.12. The summed E-state index contributed by atoms with van der Waals surface area (Å²) in [5.41, 5.74) is 0.365. The average molecular weight is 155 g/mol. The largest absolute Gasteiger partial charge is 0.411 e. The standard InChI is InChI=1S/C8H13NO2/c10-8-6-4-2-1-3-5-7(8)9-11/h11H,1-6H2. The molecule has 0 atom stereocenters. The third-order valence-electron chi connectivity index (χ3n) is 2.01. The third-order valence-corrected chi connectivity index (χ3v) is 2.01. The van der Waals surface area contributed by atoms with Crippen LogP contribution in [0.1, 0.15) is 38.5 Å². The van der Waals surface area contributed by atoms with Crippen LogP contribution in [0.5, 0.6) is 0 Å². The maximum absolute atomic E-state index is 11.1. The molecule has 0 heterocycles. The van der Waals surface area contributed by atoms with E-state index in [1.165, 1.54) is 0 Å². The van der Waals surface area contributed by atoms with Crippen LogP contribution in [0.2, 0.25) is 0 Å². The predicted octanol–water partition coefficient (Wildman–Crippen LogP) is 1.74. The van der Waals surface area contributed by atoms with Crippen molar-refractivity contribution in [1.82, 2.24) is 0 Å². The Morgan fingerprint density at radius 2 is 1.73 bits per heavy atom. The molecule has 62 valence electrons. The summed E-state index contributed by atoms with van der Waals surface area (Å²) >= 11 is 0. The summed E-state index contributed by atoms with van der Waals surface area (Å²) in [7, 11) is 0. The van der Waals surface area contributed by atoms with Gasteiger partial charge in [0, 0.05) is 6.42 Å². The van der Waals surface area contributed by atoms with Gasteiger partial charge in [0.05, 0.1) is 0 Å². The summed E-state index contributed by atoms with van der Waals surface area (Å²) in [6, 6.07) is 0. The molecule has 0 saturated heterocycles. The van der Waals surface area contributed by atoms with E-state index >= 15 is 0 Å². The molecule has 0 amide bonds. The zero-order valence-corrected chi connectivity index (χ0v) is 6.55. The number of carbonyl (C=O) groups is 1. The Morgan fingerprint density at radius 1 is 1.09 bits per heavy atom. The van der Waals surface area contributed by atoms with Crippen LogP contribution in [0.25, 0.3) is 0 Å². The van der Waals surface area contributed by atoms with Crippen molar-refractivity contribution in [3.8, 4) is 0 Å². The number of hydrogen-bond donors (Lipinski definition) is 1. The first-order chi connectivity index (χ1) is 5.34. The molecule has 0 unspecified atom stereocenters. The number of oxime groups is 1. The Morgan fingerprint density at radius 3 is 2.36 bits per heavy atom. The fraction of sp³-hybridized carbons (Fsp3) is 0.750. The molecule has 1 fully saturated rings. The second-order valence-corrected chi connectivity index (χ2v) is 2.88. The van der Waals surface area contributed by atoms with E-state index in [9.17, 15) is 4.79 Å². The van der Waals surface area contributed by atoms with Crippen LogP contribution in [-0.4, -0.2) is 16.7 Å². The molecule has 0 bridgehead atoms. The number of Topliss-reactive ketones (excluding diaryl/α,β-unsaturated/α-hetero) is 1. The molecule has 1 aliphatic carbocycles. The second kappa shape index (κ2) is 4.11. The minimum absolute atomic E-state index is 0.0206. The van der Waals surface area contributed by atoms with Crippen molar-refractivity contribution in [2.24, 2.45) is 5.16 Å². The van der Waals surface area contributed by atoms with Gasteiger partial charge in [-0.05, 0) is 19.3 Å². The Balaban J connectivity index is 2.53. The van der Waals surface area contributed by atoms with Crippen molar-refractivity contribution >= 4 is 11.5 Å². The van der Waals surface area contributed by atoms with E-state index in [4.69, 9.17) is 5.21 Å². The van der Waals surface area contributed by atoms with Crippen LogP contribution >= 0.6 is 0 Å². The molecule has 3 heteroatoms. The summed E-state index contributed by atoms with van der Waals surface area (Å²) in [5, 5.41) is 11.4. The molecule has 0 aromatic heterocycles. The van der Waals surface area contributed by atoms with Crippen LogP contribution in [0.3, 0.4) is 0 Å². The van der Waals surface area contributed by atoms with Crippen LogP contribution in [0.4, 0.5) is 0 Å². The number of nitrogens with zero attached hydrogens (tertiary/aromatic N) is 1.